The van der Waals surface area contributed by atoms with Gasteiger partial charge in [0.05, 0.1) is 0 Å². The molecule has 0 aromatic heterocycles. The van der Waals surface area contributed by atoms with E-state index in [0.29, 0.717) is 11.3 Å². The largest absolute Gasteiger partial charge is 0.479 e. The highest BCUT2D eigenvalue weighted by Gasteiger charge is 2.11. The van der Waals surface area contributed by atoms with E-state index in [9.17, 15) is 18.4 Å². The van der Waals surface area contributed by atoms with Crippen LogP contribution in [0, 0.1) is 23.0 Å². The lowest BCUT2D eigenvalue weighted by Gasteiger charge is -2.03. The van der Waals surface area contributed by atoms with E-state index in [2.05, 4.69) is 0 Å². The Labute approximate surface area is 148 Å². The summed E-state index contributed by atoms with van der Waals surface area (Å²) in [6, 6.07) is 11.1. The van der Waals surface area contributed by atoms with E-state index < -0.39 is 30.0 Å². The van der Waals surface area contributed by atoms with Gasteiger partial charge in [0, 0.05) is 11.6 Å². The van der Waals surface area contributed by atoms with E-state index in [4.69, 9.17) is 14.7 Å². The predicted molar refractivity (Wildman–Crippen MR) is 88.2 cm³/mol. The number of nitrogens with zero attached hydrogens (tertiary/aromatic N) is 1. The van der Waals surface area contributed by atoms with E-state index in [1.807, 2.05) is 6.07 Å². The SMILES string of the molecule is N#CCOc1ccc(/C=C/C(=O)OCC(=O)c2ccc(F)c(F)c2)cc1. The van der Waals surface area contributed by atoms with Crippen LogP contribution >= 0.6 is 0 Å². The topological polar surface area (TPSA) is 76.4 Å². The van der Waals surface area contributed by atoms with Crippen molar-refractivity contribution in [2.45, 2.75) is 0 Å². The summed E-state index contributed by atoms with van der Waals surface area (Å²) in [4.78, 5) is 23.4. The molecule has 0 heterocycles. The minimum Gasteiger partial charge on any atom is -0.479 e. The summed E-state index contributed by atoms with van der Waals surface area (Å²) in [5.74, 6) is -3.10. The Hall–Kier alpha value is -3.53. The first-order valence-corrected chi connectivity index (χ1v) is 7.42. The first-order valence-electron chi connectivity index (χ1n) is 7.42. The molecule has 0 aliphatic carbocycles. The van der Waals surface area contributed by atoms with Crippen LogP contribution in [0.1, 0.15) is 15.9 Å². The molecule has 0 amide bonds. The van der Waals surface area contributed by atoms with Gasteiger partial charge in [-0.05, 0) is 42.0 Å². The standard InChI is InChI=1S/C19H13F2NO4/c20-16-7-4-14(11-17(16)21)18(23)12-26-19(24)8-3-13-1-5-15(6-2-13)25-10-9-22/h1-8,11H,10,12H2/b8-3+. The molecule has 0 saturated heterocycles. The van der Waals surface area contributed by atoms with Crippen LogP contribution in [-0.4, -0.2) is 25.0 Å². The number of hydrogen-bond donors (Lipinski definition) is 0. The zero-order chi connectivity index (χ0) is 18.9. The molecule has 2 rings (SSSR count). The maximum atomic E-state index is 13.1. The van der Waals surface area contributed by atoms with Gasteiger partial charge in [0.2, 0.25) is 0 Å². The quantitative estimate of drug-likeness (QED) is 0.432. The highest BCUT2D eigenvalue weighted by Crippen LogP contribution is 2.13. The fourth-order valence-corrected chi connectivity index (χ4v) is 1.89. The molecule has 0 atom stereocenters. The summed E-state index contributed by atoms with van der Waals surface area (Å²) in [7, 11) is 0. The molecule has 132 valence electrons. The summed E-state index contributed by atoms with van der Waals surface area (Å²) in [5, 5.41) is 8.42. The fourth-order valence-electron chi connectivity index (χ4n) is 1.89. The number of rotatable bonds is 7. The number of halogens is 2. The lowest BCUT2D eigenvalue weighted by atomic mass is 10.1. The molecule has 2 aromatic rings. The van der Waals surface area contributed by atoms with Gasteiger partial charge in [0.15, 0.2) is 30.6 Å². The van der Waals surface area contributed by atoms with E-state index >= 15 is 0 Å². The molecule has 2 aromatic carbocycles. The molecule has 5 nitrogen and oxygen atoms in total. The maximum absolute atomic E-state index is 13.1. The number of esters is 1. The van der Waals surface area contributed by atoms with Gasteiger partial charge in [-0.15, -0.1) is 0 Å². The van der Waals surface area contributed by atoms with Gasteiger partial charge in [0.25, 0.3) is 0 Å². The van der Waals surface area contributed by atoms with Gasteiger partial charge in [0.1, 0.15) is 11.8 Å². The molecular weight excluding hydrogens is 344 g/mol. The number of hydrogen-bond acceptors (Lipinski definition) is 5. The molecule has 0 bridgehead atoms. The van der Waals surface area contributed by atoms with Crippen molar-refractivity contribution in [3.8, 4) is 11.8 Å². The van der Waals surface area contributed by atoms with Crippen molar-refractivity contribution in [1.29, 1.82) is 5.26 Å². The highest BCUT2D eigenvalue weighted by molar-refractivity contribution is 5.98. The molecule has 0 aliphatic heterocycles. The second kappa shape index (κ2) is 9.08. The third kappa shape index (κ3) is 5.53. The maximum Gasteiger partial charge on any atom is 0.331 e. The Kier molecular flexibility index (Phi) is 6.57. The van der Waals surface area contributed by atoms with E-state index in [-0.39, 0.29) is 12.2 Å². The summed E-state index contributed by atoms with van der Waals surface area (Å²) in [5.41, 5.74) is 0.590. The van der Waals surface area contributed by atoms with Gasteiger partial charge in [-0.1, -0.05) is 12.1 Å². The van der Waals surface area contributed by atoms with Crippen LogP contribution < -0.4 is 4.74 Å². The molecule has 0 fully saturated rings. The minimum absolute atomic E-state index is 0.0620. The Morgan fingerprint density at radius 2 is 1.81 bits per heavy atom. The molecule has 0 saturated carbocycles. The summed E-state index contributed by atoms with van der Waals surface area (Å²) in [6.45, 7) is -0.650. The van der Waals surface area contributed by atoms with Crippen molar-refractivity contribution in [2.75, 3.05) is 13.2 Å². The third-order valence-electron chi connectivity index (χ3n) is 3.18. The van der Waals surface area contributed by atoms with Crippen LogP contribution in [0.4, 0.5) is 8.78 Å². The lowest BCUT2D eigenvalue weighted by Crippen LogP contribution is -2.13. The zero-order valence-electron chi connectivity index (χ0n) is 13.4. The minimum atomic E-state index is -1.15. The molecular formula is C19H13F2NO4. The van der Waals surface area contributed by atoms with Crippen molar-refractivity contribution in [1.82, 2.24) is 0 Å². The third-order valence-corrected chi connectivity index (χ3v) is 3.18. The second-order valence-corrected chi connectivity index (χ2v) is 5.01. The van der Waals surface area contributed by atoms with Gasteiger partial charge >= 0.3 is 5.97 Å². The first kappa shape index (κ1) is 18.8. The highest BCUT2D eigenvalue weighted by atomic mass is 19.2. The van der Waals surface area contributed by atoms with Crippen molar-refractivity contribution in [2.24, 2.45) is 0 Å². The Morgan fingerprint density at radius 3 is 2.46 bits per heavy atom. The van der Waals surface area contributed by atoms with Gasteiger partial charge in [-0.2, -0.15) is 5.26 Å². The van der Waals surface area contributed by atoms with Crippen molar-refractivity contribution in [3.63, 3.8) is 0 Å². The Morgan fingerprint density at radius 1 is 1.08 bits per heavy atom. The summed E-state index contributed by atoms with van der Waals surface area (Å²) in [6.07, 6.45) is 2.60. The number of Topliss-reactive ketones (excluding diaryl/α,β-unsaturated/α-hetero) is 1. The molecule has 0 radical (unpaired) electrons. The number of carbonyl (C=O) groups is 2. The van der Waals surface area contributed by atoms with Crippen LogP contribution in [0.25, 0.3) is 6.08 Å². The van der Waals surface area contributed by atoms with Crippen LogP contribution in [0.15, 0.2) is 48.5 Å². The zero-order valence-corrected chi connectivity index (χ0v) is 13.4. The second-order valence-electron chi connectivity index (χ2n) is 5.01. The predicted octanol–water partition coefficient (Wildman–Crippen LogP) is 3.31. The summed E-state index contributed by atoms with van der Waals surface area (Å²) < 4.78 is 35.8. The Bertz CT molecular complexity index is 870. The normalized spacial score (nSPS) is 10.3. The van der Waals surface area contributed by atoms with Gasteiger partial charge < -0.3 is 9.47 Å². The summed E-state index contributed by atoms with van der Waals surface area (Å²) >= 11 is 0. The van der Waals surface area contributed by atoms with Crippen LogP contribution in [0.3, 0.4) is 0 Å². The monoisotopic (exact) mass is 357 g/mol. The van der Waals surface area contributed by atoms with Crippen LogP contribution in [-0.2, 0) is 9.53 Å². The molecule has 26 heavy (non-hydrogen) atoms. The number of carbonyl (C=O) groups excluding carboxylic acids is 2. The van der Waals surface area contributed by atoms with Gasteiger partial charge in [-0.3, -0.25) is 4.79 Å². The van der Waals surface area contributed by atoms with E-state index in [1.165, 1.54) is 6.08 Å². The average Bonchev–Trinajstić information content (AvgIpc) is 2.65. The molecule has 0 unspecified atom stereocenters. The number of ether oxygens (including phenoxy) is 2. The van der Waals surface area contributed by atoms with Crippen molar-refractivity contribution < 1.29 is 27.8 Å². The number of benzene rings is 2. The molecule has 0 N–H and O–H groups in total. The first-order chi connectivity index (χ1) is 12.5. The molecule has 0 spiro atoms. The van der Waals surface area contributed by atoms with Crippen LogP contribution in [0.5, 0.6) is 5.75 Å². The smallest absolute Gasteiger partial charge is 0.331 e. The fraction of sp³-hybridized carbons (Fsp3) is 0.105. The van der Waals surface area contributed by atoms with Gasteiger partial charge in [-0.25, -0.2) is 13.6 Å². The Balaban J connectivity index is 1.86. The van der Waals surface area contributed by atoms with Crippen molar-refractivity contribution >= 4 is 17.8 Å². The molecule has 7 heteroatoms. The number of ketones is 1. The molecule has 0 aliphatic rings. The lowest BCUT2D eigenvalue weighted by molar-refractivity contribution is -0.136. The van der Waals surface area contributed by atoms with Crippen molar-refractivity contribution in [3.05, 3.63) is 71.3 Å². The van der Waals surface area contributed by atoms with E-state index in [1.54, 1.807) is 24.3 Å². The van der Waals surface area contributed by atoms with Crippen LogP contribution in [0.2, 0.25) is 0 Å². The van der Waals surface area contributed by atoms with E-state index in [0.717, 1.165) is 24.3 Å². The average molecular weight is 357 g/mol. The number of nitriles is 1.